The number of nitrogens with one attached hydrogen (secondary N) is 2. The summed E-state index contributed by atoms with van der Waals surface area (Å²) in [7, 11) is -4.21. The zero-order chi connectivity index (χ0) is 15.9. The van der Waals surface area contributed by atoms with Gasteiger partial charge >= 0.3 is 10.2 Å². The van der Waals surface area contributed by atoms with Crippen molar-refractivity contribution in [1.29, 1.82) is 0 Å². The SMILES string of the molecule is O=C1CN(c2c(O)ccc(OC3CCNC3)c2F)S(=O)(=O)N1. The lowest BCUT2D eigenvalue weighted by molar-refractivity contribution is -0.117. The number of anilines is 1. The summed E-state index contributed by atoms with van der Waals surface area (Å²) in [5, 5.41) is 12.9. The van der Waals surface area contributed by atoms with Crippen LogP contribution in [0.5, 0.6) is 11.5 Å². The van der Waals surface area contributed by atoms with E-state index in [1.165, 1.54) is 6.07 Å². The topological polar surface area (TPSA) is 108 Å². The summed E-state index contributed by atoms with van der Waals surface area (Å²) in [6.45, 7) is 0.703. The highest BCUT2D eigenvalue weighted by molar-refractivity contribution is 7.92. The van der Waals surface area contributed by atoms with Crippen LogP contribution in [-0.2, 0) is 15.0 Å². The number of phenols is 1. The number of halogens is 1. The first-order valence-corrected chi connectivity index (χ1v) is 8.04. The molecule has 8 nitrogen and oxygen atoms in total. The zero-order valence-corrected chi connectivity index (χ0v) is 12.2. The van der Waals surface area contributed by atoms with Crippen LogP contribution in [0.4, 0.5) is 10.1 Å². The van der Waals surface area contributed by atoms with Crippen LogP contribution in [-0.4, -0.2) is 45.2 Å². The second-order valence-corrected chi connectivity index (χ2v) is 6.61. The van der Waals surface area contributed by atoms with Crippen LogP contribution in [0.3, 0.4) is 0 Å². The number of nitrogens with zero attached hydrogens (tertiary/aromatic N) is 1. The molecule has 2 saturated heterocycles. The zero-order valence-electron chi connectivity index (χ0n) is 11.4. The van der Waals surface area contributed by atoms with E-state index in [1.54, 1.807) is 4.72 Å². The largest absolute Gasteiger partial charge is 0.506 e. The van der Waals surface area contributed by atoms with Gasteiger partial charge < -0.3 is 15.2 Å². The molecule has 3 N–H and O–H groups in total. The normalized spacial score (nSPS) is 23.6. The summed E-state index contributed by atoms with van der Waals surface area (Å²) < 4.78 is 45.8. The average Bonchev–Trinajstić information content (AvgIpc) is 3.01. The summed E-state index contributed by atoms with van der Waals surface area (Å²) in [4.78, 5) is 11.3. The van der Waals surface area contributed by atoms with Crippen LogP contribution in [0.15, 0.2) is 12.1 Å². The third-order valence-electron chi connectivity index (χ3n) is 3.44. The summed E-state index contributed by atoms with van der Waals surface area (Å²) in [6.07, 6.45) is 0.458. The molecule has 1 aromatic rings. The Hall–Kier alpha value is -2.07. The molecule has 2 aliphatic heterocycles. The van der Waals surface area contributed by atoms with Gasteiger partial charge in [0.2, 0.25) is 0 Å². The molecule has 1 amide bonds. The highest BCUT2D eigenvalue weighted by atomic mass is 32.2. The van der Waals surface area contributed by atoms with Crippen molar-refractivity contribution in [2.24, 2.45) is 0 Å². The fraction of sp³-hybridized carbons (Fsp3) is 0.417. The van der Waals surface area contributed by atoms with Crippen LogP contribution < -0.4 is 19.1 Å². The third kappa shape index (κ3) is 2.55. The molecule has 2 aliphatic rings. The Labute approximate surface area is 126 Å². The average molecular weight is 331 g/mol. The van der Waals surface area contributed by atoms with Crippen LogP contribution >= 0.6 is 0 Å². The number of benzene rings is 1. The molecule has 2 heterocycles. The van der Waals surface area contributed by atoms with E-state index in [-0.39, 0.29) is 11.9 Å². The Morgan fingerprint density at radius 2 is 2.18 bits per heavy atom. The fourth-order valence-electron chi connectivity index (χ4n) is 2.42. The van der Waals surface area contributed by atoms with Crippen LogP contribution in [0.2, 0.25) is 0 Å². The highest BCUT2D eigenvalue weighted by Crippen LogP contribution is 2.38. The van der Waals surface area contributed by atoms with Gasteiger partial charge in [0.15, 0.2) is 11.6 Å². The number of carbonyl (C=O) groups excluding carboxylic acids is 1. The monoisotopic (exact) mass is 331 g/mol. The predicted molar refractivity (Wildman–Crippen MR) is 74.4 cm³/mol. The number of hydrogen-bond donors (Lipinski definition) is 3. The quantitative estimate of drug-likeness (QED) is 0.686. The maximum Gasteiger partial charge on any atom is 0.326 e. The number of carbonyl (C=O) groups is 1. The molecule has 1 aromatic carbocycles. The summed E-state index contributed by atoms with van der Waals surface area (Å²) in [6, 6.07) is 2.36. The van der Waals surface area contributed by atoms with Gasteiger partial charge in [0.05, 0.1) is 0 Å². The smallest absolute Gasteiger partial charge is 0.326 e. The number of phenolic OH excluding ortho intramolecular Hbond substituents is 1. The van der Waals surface area contributed by atoms with Crippen molar-refractivity contribution in [1.82, 2.24) is 10.0 Å². The van der Waals surface area contributed by atoms with E-state index in [1.807, 2.05) is 0 Å². The maximum atomic E-state index is 14.6. The molecule has 1 unspecified atom stereocenters. The van der Waals surface area contributed by atoms with Crippen molar-refractivity contribution in [2.45, 2.75) is 12.5 Å². The Balaban J connectivity index is 1.98. The molecule has 0 aromatic heterocycles. The van der Waals surface area contributed by atoms with E-state index >= 15 is 0 Å². The van der Waals surface area contributed by atoms with E-state index in [0.29, 0.717) is 17.3 Å². The lowest BCUT2D eigenvalue weighted by Gasteiger charge is -2.20. The van der Waals surface area contributed by atoms with Crippen molar-refractivity contribution in [3.05, 3.63) is 17.9 Å². The first kappa shape index (κ1) is 14.9. The molecule has 0 aliphatic carbocycles. The molecular weight excluding hydrogens is 317 g/mol. The van der Waals surface area contributed by atoms with E-state index < -0.39 is 39.9 Å². The van der Waals surface area contributed by atoms with E-state index in [2.05, 4.69) is 5.32 Å². The molecule has 1 atom stereocenters. The molecule has 22 heavy (non-hydrogen) atoms. The van der Waals surface area contributed by atoms with Crippen LogP contribution in [0.1, 0.15) is 6.42 Å². The van der Waals surface area contributed by atoms with Gasteiger partial charge in [-0.3, -0.25) is 4.79 Å². The molecule has 0 radical (unpaired) electrons. The minimum Gasteiger partial charge on any atom is -0.506 e. The Morgan fingerprint density at radius 1 is 1.41 bits per heavy atom. The Bertz CT molecular complexity index is 718. The van der Waals surface area contributed by atoms with E-state index in [0.717, 1.165) is 12.6 Å². The van der Waals surface area contributed by atoms with Gasteiger partial charge in [-0.2, -0.15) is 8.42 Å². The Morgan fingerprint density at radius 3 is 2.77 bits per heavy atom. The van der Waals surface area contributed by atoms with Gasteiger partial charge in [-0.1, -0.05) is 0 Å². The summed E-state index contributed by atoms with van der Waals surface area (Å²) >= 11 is 0. The van der Waals surface area contributed by atoms with Crippen molar-refractivity contribution in [3.63, 3.8) is 0 Å². The molecule has 3 rings (SSSR count). The number of hydrogen-bond acceptors (Lipinski definition) is 6. The molecule has 2 fully saturated rings. The van der Waals surface area contributed by atoms with Gasteiger partial charge in [0.1, 0.15) is 24.1 Å². The minimum absolute atomic E-state index is 0.170. The van der Waals surface area contributed by atoms with E-state index in [4.69, 9.17) is 4.74 Å². The molecule has 0 saturated carbocycles. The third-order valence-corrected chi connectivity index (χ3v) is 4.82. The van der Waals surface area contributed by atoms with Crippen LogP contribution in [0, 0.1) is 5.82 Å². The van der Waals surface area contributed by atoms with Gasteiger partial charge in [-0.25, -0.2) is 13.4 Å². The molecular formula is C12H14FN3O5S. The van der Waals surface area contributed by atoms with Crippen molar-refractivity contribution < 1.29 is 27.4 Å². The second kappa shape index (κ2) is 5.29. The molecule has 0 spiro atoms. The number of ether oxygens (including phenoxy) is 1. The second-order valence-electron chi connectivity index (χ2n) is 5.01. The first-order valence-electron chi connectivity index (χ1n) is 6.60. The standard InChI is InChI=1S/C12H14FN3O5S/c13-11-9(21-7-3-4-14-5-7)2-1-8(17)12(11)16-6-10(18)15-22(16,19)20/h1-2,7,14,17H,3-6H2,(H,15,18). The van der Waals surface area contributed by atoms with Gasteiger partial charge in [0, 0.05) is 6.54 Å². The van der Waals surface area contributed by atoms with Crippen molar-refractivity contribution in [3.8, 4) is 11.5 Å². The van der Waals surface area contributed by atoms with Gasteiger partial charge in [-0.15, -0.1) is 0 Å². The molecule has 0 bridgehead atoms. The van der Waals surface area contributed by atoms with Crippen molar-refractivity contribution in [2.75, 3.05) is 23.9 Å². The Kier molecular flexibility index (Phi) is 3.57. The minimum atomic E-state index is -4.21. The first-order chi connectivity index (χ1) is 10.4. The highest BCUT2D eigenvalue weighted by Gasteiger charge is 2.38. The fourth-order valence-corrected chi connectivity index (χ4v) is 3.58. The van der Waals surface area contributed by atoms with Crippen molar-refractivity contribution >= 4 is 21.8 Å². The predicted octanol–water partition coefficient (Wildman–Crippen LogP) is -0.547. The molecule has 120 valence electrons. The van der Waals surface area contributed by atoms with Gasteiger partial charge in [0.25, 0.3) is 5.91 Å². The lowest BCUT2D eigenvalue weighted by atomic mass is 10.2. The maximum absolute atomic E-state index is 14.6. The van der Waals surface area contributed by atoms with Gasteiger partial charge in [-0.05, 0) is 25.1 Å². The van der Waals surface area contributed by atoms with Crippen LogP contribution in [0.25, 0.3) is 0 Å². The number of aromatic hydroxyl groups is 1. The molecule has 10 heteroatoms. The van der Waals surface area contributed by atoms with E-state index in [9.17, 15) is 22.7 Å². The number of rotatable bonds is 3. The summed E-state index contributed by atoms with van der Waals surface area (Å²) in [5.74, 6) is -2.58. The lowest BCUT2D eigenvalue weighted by Crippen LogP contribution is -2.30. The number of amides is 1. The summed E-state index contributed by atoms with van der Waals surface area (Å²) in [5.41, 5.74) is -0.596.